The number of halogens is 1. The predicted molar refractivity (Wildman–Crippen MR) is 110 cm³/mol. The standard InChI is InChI=1S/C18H24ClN5O3S/c1-5-13(7-8-28(4,25)26)27-17-14-11-21-16(19)10-12(14)9-15(22-17)18(3,6-2)23-24-20/h9-11,13H,5-8H2,1-4H3/t13?,18-/m1/s1. The summed E-state index contributed by atoms with van der Waals surface area (Å²) in [5.41, 5.74) is 8.66. The summed E-state index contributed by atoms with van der Waals surface area (Å²) in [5, 5.41) is 5.65. The molecular weight excluding hydrogens is 402 g/mol. The maximum Gasteiger partial charge on any atom is 0.223 e. The molecule has 2 aromatic heterocycles. The lowest BCUT2D eigenvalue weighted by molar-refractivity contribution is 0.187. The van der Waals surface area contributed by atoms with Gasteiger partial charge in [0.05, 0.1) is 22.4 Å². The van der Waals surface area contributed by atoms with Gasteiger partial charge in [0.25, 0.3) is 0 Å². The van der Waals surface area contributed by atoms with E-state index in [2.05, 4.69) is 20.0 Å². The van der Waals surface area contributed by atoms with Crippen LogP contribution in [0, 0.1) is 0 Å². The molecule has 0 saturated carbocycles. The van der Waals surface area contributed by atoms with Crippen LogP contribution in [0.4, 0.5) is 0 Å². The van der Waals surface area contributed by atoms with Crippen LogP contribution < -0.4 is 4.74 Å². The lowest BCUT2D eigenvalue weighted by Crippen LogP contribution is -2.23. The third-order valence-corrected chi connectivity index (χ3v) is 5.88. The van der Waals surface area contributed by atoms with Gasteiger partial charge in [-0.05, 0) is 49.2 Å². The van der Waals surface area contributed by atoms with Gasteiger partial charge < -0.3 is 4.74 Å². The molecule has 2 heterocycles. The highest BCUT2D eigenvalue weighted by Crippen LogP contribution is 2.34. The number of nitrogens with zero attached hydrogens (tertiary/aromatic N) is 5. The zero-order valence-corrected chi connectivity index (χ0v) is 18.0. The Balaban J connectivity index is 2.55. The minimum atomic E-state index is -3.10. The predicted octanol–water partition coefficient (Wildman–Crippen LogP) is 4.81. The molecule has 0 radical (unpaired) electrons. The molecule has 2 rings (SSSR count). The number of ether oxygens (including phenoxy) is 1. The van der Waals surface area contributed by atoms with E-state index in [1.165, 1.54) is 6.26 Å². The van der Waals surface area contributed by atoms with Crippen molar-refractivity contribution in [2.45, 2.75) is 51.7 Å². The van der Waals surface area contributed by atoms with Gasteiger partial charge in [-0.15, -0.1) is 0 Å². The number of fused-ring (bicyclic) bond motifs is 1. The van der Waals surface area contributed by atoms with Crippen LogP contribution in [0.5, 0.6) is 5.88 Å². The fourth-order valence-electron chi connectivity index (χ4n) is 2.71. The van der Waals surface area contributed by atoms with Crippen LogP contribution in [0.2, 0.25) is 5.15 Å². The Morgan fingerprint density at radius 3 is 2.68 bits per heavy atom. The second-order valence-electron chi connectivity index (χ2n) is 6.92. The Hall–Kier alpha value is -2.09. The van der Waals surface area contributed by atoms with Crippen molar-refractivity contribution in [3.63, 3.8) is 0 Å². The van der Waals surface area contributed by atoms with Crippen LogP contribution in [0.3, 0.4) is 0 Å². The number of pyridine rings is 2. The smallest absolute Gasteiger partial charge is 0.223 e. The van der Waals surface area contributed by atoms with E-state index < -0.39 is 15.4 Å². The molecule has 28 heavy (non-hydrogen) atoms. The van der Waals surface area contributed by atoms with Crippen molar-refractivity contribution < 1.29 is 13.2 Å². The molecule has 2 atom stereocenters. The van der Waals surface area contributed by atoms with Gasteiger partial charge in [-0.1, -0.05) is 30.6 Å². The summed E-state index contributed by atoms with van der Waals surface area (Å²) < 4.78 is 29.1. The molecular formula is C18H24ClN5O3S. The van der Waals surface area contributed by atoms with E-state index in [0.717, 1.165) is 5.39 Å². The normalized spacial score (nSPS) is 14.9. The van der Waals surface area contributed by atoms with Crippen molar-refractivity contribution >= 4 is 32.2 Å². The first-order valence-corrected chi connectivity index (χ1v) is 11.4. The van der Waals surface area contributed by atoms with Crippen LogP contribution in [-0.2, 0) is 15.4 Å². The average Bonchev–Trinajstić information content (AvgIpc) is 2.63. The van der Waals surface area contributed by atoms with E-state index in [-0.39, 0.29) is 11.9 Å². The summed E-state index contributed by atoms with van der Waals surface area (Å²) in [6.45, 7) is 5.63. The van der Waals surface area contributed by atoms with Crippen LogP contribution in [0.25, 0.3) is 21.2 Å². The number of hydrogen-bond donors (Lipinski definition) is 0. The second kappa shape index (κ2) is 8.94. The summed E-state index contributed by atoms with van der Waals surface area (Å²) >= 11 is 6.04. The highest BCUT2D eigenvalue weighted by molar-refractivity contribution is 7.90. The van der Waals surface area contributed by atoms with Crippen molar-refractivity contribution in [3.05, 3.63) is 39.6 Å². The molecule has 0 fully saturated rings. The number of aromatic nitrogens is 2. The molecule has 0 aliphatic carbocycles. The minimum absolute atomic E-state index is 0.0264. The molecule has 10 heteroatoms. The maximum atomic E-state index is 11.5. The van der Waals surface area contributed by atoms with E-state index in [1.807, 2.05) is 19.9 Å². The third-order valence-electron chi connectivity index (χ3n) is 4.70. The minimum Gasteiger partial charge on any atom is -0.474 e. The molecule has 0 N–H and O–H groups in total. The zero-order chi connectivity index (χ0) is 20.9. The van der Waals surface area contributed by atoms with Gasteiger partial charge in [0.1, 0.15) is 21.1 Å². The number of hydrogen-bond acceptors (Lipinski definition) is 6. The summed E-state index contributed by atoms with van der Waals surface area (Å²) in [5.74, 6) is 0.350. The van der Waals surface area contributed by atoms with Crippen LogP contribution in [0.15, 0.2) is 23.4 Å². The van der Waals surface area contributed by atoms with Crippen molar-refractivity contribution in [1.29, 1.82) is 0 Å². The Bertz CT molecular complexity index is 1010. The number of sulfone groups is 1. The average molecular weight is 426 g/mol. The summed E-state index contributed by atoms with van der Waals surface area (Å²) in [6.07, 6.45) is 3.95. The Labute approximate surface area is 169 Å². The highest BCUT2D eigenvalue weighted by Gasteiger charge is 2.27. The van der Waals surface area contributed by atoms with Gasteiger partial charge in [-0.3, -0.25) is 0 Å². The monoisotopic (exact) mass is 425 g/mol. The molecule has 152 valence electrons. The summed E-state index contributed by atoms with van der Waals surface area (Å²) in [6, 6.07) is 3.50. The molecule has 0 aliphatic heterocycles. The van der Waals surface area contributed by atoms with Crippen LogP contribution >= 0.6 is 11.6 Å². The molecule has 0 amide bonds. The van der Waals surface area contributed by atoms with Gasteiger partial charge >= 0.3 is 0 Å². The molecule has 1 unspecified atom stereocenters. The number of rotatable bonds is 9. The van der Waals surface area contributed by atoms with Crippen molar-refractivity contribution in [1.82, 2.24) is 9.97 Å². The van der Waals surface area contributed by atoms with Gasteiger partial charge in [0.15, 0.2) is 0 Å². The van der Waals surface area contributed by atoms with E-state index in [1.54, 1.807) is 19.2 Å². The summed E-state index contributed by atoms with van der Waals surface area (Å²) in [4.78, 5) is 11.7. The van der Waals surface area contributed by atoms with Gasteiger partial charge in [-0.25, -0.2) is 18.4 Å². The van der Waals surface area contributed by atoms with Crippen molar-refractivity contribution in [2.75, 3.05) is 12.0 Å². The Morgan fingerprint density at radius 1 is 1.39 bits per heavy atom. The third kappa shape index (κ3) is 5.47. The molecule has 0 spiro atoms. The highest BCUT2D eigenvalue weighted by atomic mass is 35.5. The Kier molecular flexibility index (Phi) is 7.09. The van der Waals surface area contributed by atoms with Crippen LogP contribution in [-0.4, -0.2) is 36.5 Å². The maximum absolute atomic E-state index is 11.5. The fraction of sp³-hybridized carbons (Fsp3) is 0.556. The molecule has 0 aromatic carbocycles. The van der Waals surface area contributed by atoms with Crippen molar-refractivity contribution in [3.8, 4) is 5.88 Å². The Morgan fingerprint density at radius 2 is 2.11 bits per heavy atom. The number of azide groups is 1. The van der Waals surface area contributed by atoms with Gasteiger partial charge in [0.2, 0.25) is 5.88 Å². The van der Waals surface area contributed by atoms with E-state index >= 15 is 0 Å². The first kappa shape index (κ1) is 22.2. The van der Waals surface area contributed by atoms with Crippen LogP contribution in [0.1, 0.15) is 45.7 Å². The zero-order valence-electron chi connectivity index (χ0n) is 16.4. The molecule has 0 bridgehead atoms. The lowest BCUT2D eigenvalue weighted by atomic mass is 9.94. The van der Waals surface area contributed by atoms with E-state index in [9.17, 15) is 8.42 Å². The van der Waals surface area contributed by atoms with Gasteiger partial charge in [-0.2, -0.15) is 0 Å². The van der Waals surface area contributed by atoms with E-state index in [0.29, 0.717) is 41.4 Å². The molecule has 0 aliphatic rings. The first-order valence-electron chi connectivity index (χ1n) is 8.99. The van der Waals surface area contributed by atoms with Gasteiger partial charge in [0, 0.05) is 17.4 Å². The second-order valence-corrected chi connectivity index (χ2v) is 9.57. The molecule has 0 saturated heterocycles. The SMILES string of the molecule is CCC(CCS(C)(=O)=O)Oc1nc([C@@](C)(CC)N=[N+]=[N-])cc2cc(Cl)ncc12. The summed E-state index contributed by atoms with van der Waals surface area (Å²) in [7, 11) is -3.10. The van der Waals surface area contributed by atoms with Crippen molar-refractivity contribution in [2.24, 2.45) is 5.11 Å². The quantitative estimate of drug-likeness (QED) is 0.247. The topological polar surface area (TPSA) is 118 Å². The largest absolute Gasteiger partial charge is 0.474 e. The molecule has 2 aromatic rings. The fourth-order valence-corrected chi connectivity index (χ4v) is 3.57. The van der Waals surface area contributed by atoms with E-state index in [4.69, 9.17) is 21.9 Å². The first-order chi connectivity index (χ1) is 13.1. The molecule has 8 nitrogen and oxygen atoms in total. The lowest BCUT2D eigenvalue weighted by Gasteiger charge is -2.24.